The van der Waals surface area contributed by atoms with Crippen LogP contribution in [0.1, 0.15) is 38.2 Å². The van der Waals surface area contributed by atoms with E-state index in [1.54, 1.807) is 13.2 Å². The maximum absolute atomic E-state index is 13.9. The number of nitrogens with one attached hydrogen (secondary N) is 3. The Labute approximate surface area is 166 Å². The van der Waals surface area contributed by atoms with Gasteiger partial charge < -0.3 is 10.6 Å². The molecule has 0 bridgehead atoms. The number of anilines is 4. The third-order valence-corrected chi connectivity index (χ3v) is 4.82. The lowest BCUT2D eigenvalue weighted by molar-refractivity contribution is -0.139. The van der Waals surface area contributed by atoms with Crippen molar-refractivity contribution in [2.24, 2.45) is 0 Å². The SMILES string of the molecule is CCNN(c1nc(Nc2ccc(C(F)(F)F)c(F)c2)ncc1NC)C1CCCC1. The highest BCUT2D eigenvalue weighted by Crippen LogP contribution is 2.34. The standard InChI is InChI=1S/C19H24F4N6/c1-3-26-29(13-6-4-5-7-13)17-16(24-2)11-25-18(28-17)27-12-8-9-14(15(20)10-12)19(21,22)23/h8-11,13,24,26H,3-7H2,1-2H3,(H,25,27,28). The minimum Gasteiger partial charge on any atom is -0.384 e. The predicted molar refractivity (Wildman–Crippen MR) is 105 cm³/mol. The summed E-state index contributed by atoms with van der Waals surface area (Å²) in [6.45, 7) is 2.70. The van der Waals surface area contributed by atoms with Crippen LogP contribution < -0.4 is 21.1 Å². The maximum atomic E-state index is 13.9. The van der Waals surface area contributed by atoms with Gasteiger partial charge in [-0.15, -0.1) is 0 Å². The molecule has 1 aromatic carbocycles. The Kier molecular flexibility index (Phi) is 6.41. The molecule has 1 fully saturated rings. The topological polar surface area (TPSA) is 65.1 Å². The lowest BCUT2D eigenvalue weighted by atomic mass is 10.2. The maximum Gasteiger partial charge on any atom is 0.419 e. The van der Waals surface area contributed by atoms with Gasteiger partial charge in [-0.05, 0) is 31.0 Å². The summed E-state index contributed by atoms with van der Waals surface area (Å²) in [5, 5.41) is 7.87. The van der Waals surface area contributed by atoms with Gasteiger partial charge in [-0.1, -0.05) is 19.8 Å². The number of benzene rings is 1. The second-order valence-corrected chi connectivity index (χ2v) is 6.82. The summed E-state index contributed by atoms with van der Waals surface area (Å²) >= 11 is 0. The van der Waals surface area contributed by atoms with E-state index in [1.165, 1.54) is 0 Å². The normalized spacial score (nSPS) is 14.8. The molecule has 1 aliphatic carbocycles. The zero-order chi connectivity index (χ0) is 21.0. The van der Waals surface area contributed by atoms with Crippen molar-refractivity contribution in [3.8, 4) is 0 Å². The van der Waals surface area contributed by atoms with E-state index in [0.29, 0.717) is 24.1 Å². The summed E-state index contributed by atoms with van der Waals surface area (Å²) in [4.78, 5) is 8.73. The Balaban J connectivity index is 1.89. The smallest absolute Gasteiger partial charge is 0.384 e. The lowest BCUT2D eigenvalue weighted by Crippen LogP contribution is -2.45. The molecule has 10 heteroatoms. The van der Waals surface area contributed by atoms with E-state index in [0.717, 1.165) is 37.8 Å². The lowest BCUT2D eigenvalue weighted by Gasteiger charge is -2.31. The van der Waals surface area contributed by atoms with Crippen molar-refractivity contribution < 1.29 is 17.6 Å². The zero-order valence-electron chi connectivity index (χ0n) is 16.3. The minimum absolute atomic E-state index is 0.134. The molecule has 1 aromatic heterocycles. The van der Waals surface area contributed by atoms with E-state index < -0.39 is 17.6 Å². The summed E-state index contributed by atoms with van der Waals surface area (Å²) in [5.41, 5.74) is 2.86. The number of hydrogen-bond donors (Lipinski definition) is 3. The van der Waals surface area contributed by atoms with Crippen molar-refractivity contribution in [1.29, 1.82) is 0 Å². The number of rotatable bonds is 7. The molecule has 0 atom stereocenters. The third kappa shape index (κ3) is 4.87. The van der Waals surface area contributed by atoms with Gasteiger partial charge in [-0.3, -0.25) is 5.01 Å². The van der Waals surface area contributed by atoms with Crippen LogP contribution in [0.3, 0.4) is 0 Å². The number of alkyl halides is 3. The van der Waals surface area contributed by atoms with Gasteiger partial charge in [0, 0.05) is 25.3 Å². The van der Waals surface area contributed by atoms with Crippen LogP contribution in [-0.4, -0.2) is 29.6 Å². The number of aromatic nitrogens is 2. The number of halogens is 4. The van der Waals surface area contributed by atoms with E-state index in [4.69, 9.17) is 0 Å². The molecule has 0 spiro atoms. The van der Waals surface area contributed by atoms with Crippen molar-refractivity contribution in [3.05, 3.63) is 35.8 Å². The second kappa shape index (κ2) is 8.81. The molecule has 1 saturated carbocycles. The number of nitrogens with zero attached hydrogens (tertiary/aromatic N) is 3. The van der Waals surface area contributed by atoms with Gasteiger partial charge in [0.1, 0.15) is 5.82 Å². The van der Waals surface area contributed by atoms with Crippen LogP contribution in [0.25, 0.3) is 0 Å². The molecule has 6 nitrogen and oxygen atoms in total. The van der Waals surface area contributed by atoms with Crippen molar-refractivity contribution in [1.82, 2.24) is 15.4 Å². The predicted octanol–water partition coefficient (Wildman–Crippen LogP) is 4.69. The van der Waals surface area contributed by atoms with Gasteiger partial charge >= 0.3 is 6.18 Å². The fourth-order valence-electron chi connectivity index (χ4n) is 3.45. The Bertz CT molecular complexity index is 836. The number of hydrazine groups is 1. The first-order valence-electron chi connectivity index (χ1n) is 9.54. The molecule has 0 aliphatic heterocycles. The van der Waals surface area contributed by atoms with Crippen LogP contribution in [0.4, 0.5) is 40.7 Å². The average Bonchev–Trinajstić information content (AvgIpc) is 3.19. The molecule has 29 heavy (non-hydrogen) atoms. The molecule has 3 N–H and O–H groups in total. The molecular formula is C19H24F4N6. The quantitative estimate of drug-likeness (QED) is 0.453. The Morgan fingerprint density at radius 1 is 1.21 bits per heavy atom. The first kappa shape index (κ1) is 21.1. The second-order valence-electron chi connectivity index (χ2n) is 6.82. The Morgan fingerprint density at radius 3 is 2.52 bits per heavy atom. The van der Waals surface area contributed by atoms with Crippen LogP contribution in [0.15, 0.2) is 24.4 Å². The van der Waals surface area contributed by atoms with E-state index in [9.17, 15) is 17.6 Å². The third-order valence-electron chi connectivity index (χ3n) is 4.82. The largest absolute Gasteiger partial charge is 0.419 e. The average molecular weight is 412 g/mol. The van der Waals surface area contributed by atoms with Crippen LogP contribution >= 0.6 is 0 Å². The molecule has 158 valence electrons. The highest BCUT2D eigenvalue weighted by atomic mass is 19.4. The summed E-state index contributed by atoms with van der Waals surface area (Å²) in [6.07, 6.45) is 1.20. The van der Waals surface area contributed by atoms with E-state index in [2.05, 4.69) is 26.0 Å². The molecule has 0 unspecified atom stereocenters. The van der Waals surface area contributed by atoms with Crippen molar-refractivity contribution in [3.63, 3.8) is 0 Å². The first-order chi connectivity index (χ1) is 13.8. The first-order valence-corrected chi connectivity index (χ1v) is 9.54. The fourth-order valence-corrected chi connectivity index (χ4v) is 3.45. The van der Waals surface area contributed by atoms with Crippen molar-refractivity contribution in [2.45, 2.75) is 44.8 Å². The van der Waals surface area contributed by atoms with Crippen LogP contribution in [0.5, 0.6) is 0 Å². The molecule has 0 radical (unpaired) electrons. The van der Waals surface area contributed by atoms with Crippen LogP contribution in [0.2, 0.25) is 0 Å². The molecule has 0 saturated heterocycles. The van der Waals surface area contributed by atoms with E-state index >= 15 is 0 Å². The molecule has 2 aromatic rings. The molecule has 3 rings (SSSR count). The summed E-state index contributed by atoms with van der Waals surface area (Å²) < 4.78 is 52.1. The molecule has 1 aliphatic rings. The van der Waals surface area contributed by atoms with Crippen molar-refractivity contribution in [2.75, 3.05) is 29.2 Å². The minimum atomic E-state index is -4.74. The fraction of sp³-hybridized carbons (Fsp3) is 0.474. The van der Waals surface area contributed by atoms with Gasteiger partial charge in [0.2, 0.25) is 5.95 Å². The zero-order valence-corrected chi connectivity index (χ0v) is 16.3. The van der Waals surface area contributed by atoms with Crippen LogP contribution in [-0.2, 0) is 6.18 Å². The van der Waals surface area contributed by atoms with E-state index in [-0.39, 0.29) is 17.7 Å². The Hall–Kier alpha value is -2.62. The molecule has 0 amide bonds. The van der Waals surface area contributed by atoms with Gasteiger partial charge in [0.25, 0.3) is 0 Å². The van der Waals surface area contributed by atoms with Gasteiger partial charge in [-0.2, -0.15) is 18.2 Å². The van der Waals surface area contributed by atoms with Gasteiger partial charge in [0.15, 0.2) is 5.82 Å². The molecule has 1 heterocycles. The van der Waals surface area contributed by atoms with Crippen molar-refractivity contribution >= 4 is 23.1 Å². The highest BCUT2D eigenvalue weighted by Gasteiger charge is 2.34. The van der Waals surface area contributed by atoms with Gasteiger partial charge in [0.05, 0.1) is 17.4 Å². The highest BCUT2D eigenvalue weighted by molar-refractivity contribution is 5.67. The number of hydrogen-bond acceptors (Lipinski definition) is 6. The summed E-state index contributed by atoms with van der Waals surface area (Å²) in [5.74, 6) is -0.556. The Morgan fingerprint density at radius 2 is 1.93 bits per heavy atom. The monoisotopic (exact) mass is 412 g/mol. The molecular weight excluding hydrogens is 388 g/mol. The summed E-state index contributed by atoms with van der Waals surface area (Å²) in [6, 6.07) is 2.93. The summed E-state index contributed by atoms with van der Waals surface area (Å²) in [7, 11) is 1.76. The van der Waals surface area contributed by atoms with E-state index in [1.807, 2.05) is 11.9 Å². The van der Waals surface area contributed by atoms with Gasteiger partial charge in [-0.25, -0.2) is 14.8 Å². The van der Waals surface area contributed by atoms with Crippen LogP contribution in [0, 0.1) is 5.82 Å².